The highest BCUT2D eigenvalue weighted by Crippen LogP contribution is 2.25. The van der Waals surface area contributed by atoms with E-state index in [4.69, 9.17) is 4.74 Å². The maximum atomic E-state index is 13.1. The molecule has 6 heteroatoms. The second-order valence-electron chi connectivity index (χ2n) is 7.14. The standard InChI is InChI=1S/C21H27N3O3/c1-15-12-18(19(27-4)13-16(15)2)21(26)24-8-5-7-23(10-11-24)20(25)17-6-9-22(3)14-17/h6,9,12-14H,5,7-8,10-11H2,1-4H3. The van der Waals surface area contributed by atoms with Crippen molar-refractivity contribution < 1.29 is 14.3 Å². The maximum absolute atomic E-state index is 13.1. The molecule has 2 aromatic rings. The van der Waals surface area contributed by atoms with Crippen LogP contribution in [-0.2, 0) is 7.05 Å². The Morgan fingerprint density at radius 2 is 1.59 bits per heavy atom. The van der Waals surface area contributed by atoms with Crippen molar-refractivity contribution in [3.05, 3.63) is 52.8 Å². The number of nitrogens with zero attached hydrogens (tertiary/aromatic N) is 3. The molecule has 0 aliphatic carbocycles. The van der Waals surface area contributed by atoms with E-state index in [9.17, 15) is 9.59 Å². The third-order valence-corrected chi connectivity index (χ3v) is 5.20. The minimum absolute atomic E-state index is 0.0219. The van der Waals surface area contributed by atoms with E-state index < -0.39 is 0 Å². The fourth-order valence-electron chi connectivity index (χ4n) is 3.43. The summed E-state index contributed by atoms with van der Waals surface area (Å²) in [5, 5.41) is 0. The zero-order valence-corrected chi connectivity index (χ0v) is 16.5. The summed E-state index contributed by atoms with van der Waals surface area (Å²) in [5.74, 6) is 0.585. The highest BCUT2D eigenvalue weighted by molar-refractivity contribution is 5.97. The Morgan fingerprint density at radius 1 is 0.963 bits per heavy atom. The number of hydrogen-bond donors (Lipinski definition) is 0. The molecule has 0 unspecified atom stereocenters. The largest absolute Gasteiger partial charge is 0.496 e. The van der Waals surface area contributed by atoms with Gasteiger partial charge in [0.25, 0.3) is 11.8 Å². The first-order valence-corrected chi connectivity index (χ1v) is 9.26. The average molecular weight is 369 g/mol. The van der Waals surface area contributed by atoms with Gasteiger partial charge >= 0.3 is 0 Å². The number of aromatic nitrogens is 1. The van der Waals surface area contributed by atoms with E-state index in [1.165, 1.54) is 0 Å². The zero-order chi connectivity index (χ0) is 19.6. The molecule has 0 saturated carbocycles. The quantitative estimate of drug-likeness (QED) is 0.836. The van der Waals surface area contributed by atoms with E-state index in [1.807, 2.05) is 65.9 Å². The van der Waals surface area contributed by atoms with Gasteiger partial charge in [0.2, 0.25) is 0 Å². The number of methoxy groups -OCH3 is 1. The van der Waals surface area contributed by atoms with Crippen LogP contribution in [0.3, 0.4) is 0 Å². The minimum Gasteiger partial charge on any atom is -0.496 e. The predicted octanol–water partition coefficient (Wildman–Crippen LogP) is 2.64. The van der Waals surface area contributed by atoms with Crippen LogP contribution in [0.4, 0.5) is 0 Å². The Hall–Kier alpha value is -2.76. The van der Waals surface area contributed by atoms with Crippen LogP contribution in [-0.4, -0.2) is 59.5 Å². The van der Waals surface area contributed by atoms with Crippen molar-refractivity contribution in [2.45, 2.75) is 20.3 Å². The number of carbonyl (C=O) groups excluding carboxylic acids is 2. The van der Waals surface area contributed by atoms with Gasteiger partial charge in [-0.25, -0.2) is 0 Å². The van der Waals surface area contributed by atoms with Crippen molar-refractivity contribution >= 4 is 11.8 Å². The third kappa shape index (κ3) is 3.99. The molecule has 1 aromatic heterocycles. The summed E-state index contributed by atoms with van der Waals surface area (Å²) in [5.41, 5.74) is 3.44. The Balaban J connectivity index is 1.73. The molecule has 0 radical (unpaired) electrons. The van der Waals surface area contributed by atoms with Crippen LogP contribution in [0.15, 0.2) is 30.6 Å². The topological polar surface area (TPSA) is 54.8 Å². The van der Waals surface area contributed by atoms with Gasteiger partial charge in [-0.05, 0) is 49.6 Å². The molecule has 1 aliphatic rings. The van der Waals surface area contributed by atoms with Gasteiger partial charge < -0.3 is 19.1 Å². The van der Waals surface area contributed by atoms with E-state index in [-0.39, 0.29) is 11.8 Å². The van der Waals surface area contributed by atoms with Gasteiger partial charge in [-0.15, -0.1) is 0 Å². The summed E-state index contributed by atoms with van der Waals surface area (Å²) >= 11 is 0. The summed E-state index contributed by atoms with van der Waals surface area (Å²) in [6.45, 7) is 6.34. The number of ether oxygens (including phenoxy) is 1. The number of aryl methyl sites for hydroxylation is 3. The second kappa shape index (κ2) is 7.86. The first kappa shape index (κ1) is 19.0. The van der Waals surface area contributed by atoms with E-state index in [2.05, 4.69) is 0 Å². The van der Waals surface area contributed by atoms with Gasteiger partial charge in [0.15, 0.2) is 0 Å². The average Bonchev–Trinajstić information content (AvgIpc) is 2.94. The van der Waals surface area contributed by atoms with Crippen LogP contribution in [0.5, 0.6) is 5.75 Å². The van der Waals surface area contributed by atoms with Crippen LogP contribution < -0.4 is 4.74 Å². The maximum Gasteiger partial charge on any atom is 0.257 e. The van der Waals surface area contributed by atoms with Crippen LogP contribution in [0.2, 0.25) is 0 Å². The molecule has 27 heavy (non-hydrogen) atoms. The molecule has 1 fully saturated rings. The van der Waals surface area contributed by atoms with Crippen LogP contribution in [0, 0.1) is 13.8 Å². The molecule has 2 heterocycles. The van der Waals surface area contributed by atoms with Crippen molar-refractivity contribution in [1.82, 2.24) is 14.4 Å². The fourth-order valence-corrected chi connectivity index (χ4v) is 3.43. The predicted molar refractivity (Wildman–Crippen MR) is 104 cm³/mol. The molecular formula is C21H27N3O3. The number of amides is 2. The summed E-state index contributed by atoms with van der Waals surface area (Å²) in [4.78, 5) is 29.4. The number of hydrogen-bond acceptors (Lipinski definition) is 3. The van der Waals surface area contributed by atoms with E-state index in [0.717, 1.165) is 17.5 Å². The van der Waals surface area contributed by atoms with Crippen LogP contribution >= 0.6 is 0 Å². The monoisotopic (exact) mass is 369 g/mol. The Bertz CT molecular complexity index is 856. The summed E-state index contributed by atoms with van der Waals surface area (Å²) < 4.78 is 7.30. The van der Waals surface area contributed by atoms with Gasteiger partial charge in [-0.2, -0.15) is 0 Å². The Kier molecular flexibility index (Phi) is 5.54. The van der Waals surface area contributed by atoms with Gasteiger partial charge in [0.05, 0.1) is 18.2 Å². The number of carbonyl (C=O) groups is 2. The molecule has 2 amide bonds. The molecule has 144 valence electrons. The van der Waals surface area contributed by atoms with Crippen molar-refractivity contribution in [3.63, 3.8) is 0 Å². The Morgan fingerprint density at radius 3 is 2.19 bits per heavy atom. The van der Waals surface area contributed by atoms with Gasteiger partial charge in [0, 0.05) is 45.6 Å². The molecule has 6 nitrogen and oxygen atoms in total. The first-order valence-electron chi connectivity index (χ1n) is 9.26. The fraction of sp³-hybridized carbons (Fsp3) is 0.429. The van der Waals surface area contributed by atoms with Gasteiger partial charge in [-0.1, -0.05) is 0 Å². The van der Waals surface area contributed by atoms with Gasteiger partial charge in [0.1, 0.15) is 5.75 Å². The molecule has 1 aromatic carbocycles. The lowest BCUT2D eigenvalue weighted by molar-refractivity contribution is 0.0717. The summed E-state index contributed by atoms with van der Waals surface area (Å²) in [7, 11) is 3.49. The molecule has 0 bridgehead atoms. The molecule has 0 atom stereocenters. The summed E-state index contributed by atoms with van der Waals surface area (Å²) in [6.07, 6.45) is 4.46. The second-order valence-corrected chi connectivity index (χ2v) is 7.14. The highest BCUT2D eigenvalue weighted by Gasteiger charge is 2.25. The van der Waals surface area contributed by atoms with E-state index >= 15 is 0 Å². The normalized spacial score (nSPS) is 14.8. The van der Waals surface area contributed by atoms with Crippen LogP contribution in [0.1, 0.15) is 38.3 Å². The summed E-state index contributed by atoms with van der Waals surface area (Å²) in [6, 6.07) is 5.63. The lowest BCUT2D eigenvalue weighted by Crippen LogP contribution is -2.37. The molecule has 0 spiro atoms. The smallest absolute Gasteiger partial charge is 0.257 e. The molecule has 1 aliphatic heterocycles. The van der Waals surface area contributed by atoms with Crippen molar-refractivity contribution in [2.75, 3.05) is 33.3 Å². The van der Waals surface area contributed by atoms with Crippen LogP contribution in [0.25, 0.3) is 0 Å². The van der Waals surface area contributed by atoms with Gasteiger partial charge in [-0.3, -0.25) is 9.59 Å². The first-order chi connectivity index (χ1) is 12.9. The Labute approximate surface area is 160 Å². The lowest BCUT2D eigenvalue weighted by Gasteiger charge is -2.23. The molecule has 3 rings (SSSR count). The zero-order valence-electron chi connectivity index (χ0n) is 16.5. The van der Waals surface area contributed by atoms with Crippen molar-refractivity contribution in [3.8, 4) is 5.75 Å². The number of rotatable bonds is 3. The van der Waals surface area contributed by atoms with E-state index in [0.29, 0.717) is 43.1 Å². The van der Waals surface area contributed by atoms with Crippen molar-refractivity contribution in [1.29, 1.82) is 0 Å². The molecular weight excluding hydrogens is 342 g/mol. The number of benzene rings is 1. The lowest BCUT2D eigenvalue weighted by atomic mass is 10.0. The SMILES string of the molecule is COc1cc(C)c(C)cc1C(=O)N1CCCN(C(=O)c2ccn(C)c2)CC1. The highest BCUT2D eigenvalue weighted by atomic mass is 16.5. The molecule has 1 saturated heterocycles. The minimum atomic E-state index is -0.0380. The van der Waals surface area contributed by atoms with E-state index in [1.54, 1.807) is 7.11 Å². The third-order valence-electron chi connectivity index (χ3n) is 5.20. The molecule has 0 N–H and O–H groups in total. The van der Waals surface area contributed by atoms with Crippen molar-refractivity contribution in [2.24, 2.45) is 7.05 Å².